The molecule has 1 aromatic heterocycles. The Morgan fingerprint density at radius 3 is 2.38 bits per heavy atom. The molecule has 1 rings (SSSR count). The summed E-state index contributed by atoms with van der Waals surface area (Å²) in [5, 5.41) is 5.25. The molecule has 1 heterocycles. The largest absolute Gasteiger partial charge is 0.310 e. The van der Waals surface area contributed by atoms with Crippen LogP contribution in [0.25, 0.3) is 0 Å². The van der Waals surface area contributed by atoms with Crippen LogP contribution in [0.15, 0.2) is 10.3 Å². The Morgan fingerprint density at radius 2 is 1.90 bits per heavy atom. The van der Waals surface area contributed by atoms with E-state index in [4.69, 9.17) is 0 Å². The second kappa shape index (κ2) is 7.72. The van der Waals surface area contributed by atoms with E-state index in [2.05, 4.69) is 19.2 Å². The van der Waals surface area contributed by atoms with Gasteiger partial charge in [-0.15, -0.1) is 11.3 Å². The summed E-state index contributed by atoms with van der Waals surface area (Å²) < 4.78 is 27.5. The molecule has 6 heteroatoms. The molecule has 0 aromatic carbocycles. The highest BCUT2D eigenvalue weighted by atomic mass is 32.2. The average molecular weight is 333 g/mol. The third-order valence-corrected chi connectivity index (χ3v) is 6.58. The van der Waals surface area contributed by atoms with Gasteiger partial charge in [-0.1, -0.05) is 34.6 Å². The zero-order valence-electron chi connectivity index (χ0n) is 13.9. The summed E-state index contributed by atoms with van der Waals surface area (Å²) in [6.45, 7) is 13.7. The van der Waals surface area contributed by atoms with E-state index in [9.17, 15) is 8.42 Å². The summed E-state index contributed by atoms with van der Waals surface area (Å²) in [7, 11) is -3.41. The molecule has 0 amide bonds. The molecule has 4 nitrogen and oxygen atoms in total. The summed E-state index contributed by atoms with van der Waals surface area (Å²) in [5.41, 5.74) is 0.850. The van der Waals surface area contributed by atoms with Gasteiger partial charge in [0.15, 0.2) is 0 Å². The van der Waals surface area contributed by atoms with E-state index >= 15 is 0 Å². The molecule has 0 aliphatic carbocycles. The van der Waals surface area contributed by atoms with E-state index in [0.717, 1.165) is 10.4 Å². The number of hydrogen-bond acceptors (Lipinski definition) is 4. The molecule has 0 aliphatic heterocycles. The van der Waals surface area contributed by atoms with Crippen LogP contribution in [0.3, 0.4) is 0 Å². The first-order valence-electron chi connectivity index (χ1n) is 7.50. The Bertz CT molecular complexity index is 548. The quantitative estimate of drug-likeness (QED) is 0.795. The maximum Gasteiger partial charge on any atom is 0.244 e. The molecule has 0 saturated carbocycles. The van der Waals surface area contributed by atoms with Crippen LogP contribution in [0.5, 0.6) is 0 Å². The minimum absolute atomic E-state index is 0.316. The van der Waals surface area contributed by atoms with E-state index in [0.29, 0.717) is 36.5 Å². The number of nitrogens with one attached hydrogen (secondary N) is 1. The fourth-order valence-electron chi connectivity index (χ4n) is 2.19. The van der Waals surface area contributed by atoms with Crippen LogP contribution in [0.2, 0.25) is 0 Å². The molecule has 0 unspecified atom stereocenters. The van der Waals surface area contributed by atoms with Crippen molar-refractivity contribution in [1.29, 1.82) is 0 Å². The zero-order valence-corrected chi connectivity index (χ0v) is 15.6. The van der Waals surface area contributed by atoms with E-state index in [-0.39, 0.29) is 0 Å². The summed E-state index contributed by atoms with van der Waals surface area (Å²) in [4.78, 5) is 1.41. The molecule has 0 aliphatic rings. The first-order valence-corrected chi connectivity index (χ1v) is 9.82. The Balaban J connectivity index is 3.14. The van der Waals surface area contributed by atoms with Crippen LogP contribution >= 0.6 is 11.3 Å². The van der Waals surface area contributed by atoms with Crippen LogP contribution in [-0.2, 0) is 16.6 Å². The smallest absolute Gasteiger partial charge is 0.244 e. The summed E-state index contributed by atoms with van der Waals surface area (Å²) in [5.74, 6) is 0.316. The Kier molecular flexibility index (Phi) is 6.84. The zero-order chi connectivity index (χ0) is 16.2. The van der Waals surface area contributed by atoms with Crippen molar-refractivity contribution < 1.29 is 8.42 Å². The SMILES string of the molecule is CCN(CC(C)C)S(=O)(=O)c1c(C)csc1CNC(C)C. The minimum atomic E-state index is -3.41. The van der Waals surface area contributed by atoms with Crippen molar-refractivity contribution in [3.05, 3.63) is 15.8 Å². The lowest BCUT2D eigenvalue weighted by Crippen LogP contribution is -2.35. The molecule has 0 spiro atoms. The fourth-order valence-corrected chi connectivity index (χ4v) is 5.51. The lowest BCUT2D eigenvalue weighted by atomic mass is 10.2. The second-order valence-corrected chi connectivity index (χ2v) is 8.90. The van der Waals surface area contributed by atoms with Gasteiger partial charge in [0.2, 0.25) is 10.0 Å². The van der Waals surface area contributed by atoms with Gasteiger partial charge in [0.25, 0.3) is 0 Å². The maximum atomic E-state index is 13.0. The van der Waals surface area contributed by atoms with Crippen molar-refractivity contribution >= 4 is 21.4 Å². The lowest BCUT2D eigenvalue weighted by molar-refractivity contribution is 0.380. The molecule has 0 saturated heterocycles. The Labute approximate surface area is 133 Å². The number of nitrogens with zero attached hydrogens (tertiary/aromatic N) is 1. The van der Waals surface area contributed by atoms with Crippen LogP contribution in [0, 0.1) is 12.8 Å². The van der Waals surface area contributed by atoms with Gasteiger partial charge in [0, 0.05) is 30.6 Å². The monoisotopic (exact) mass is 332 g/mol. The van der Waals surface area contributed by atoms with E-state index < -0.39 is 10.0 Å². The van der Waals surface area contributed by atoms with Crippen molar-refractivity contribution in [1.82, 2.24) is 9.62 Å². The number of rotatable bonds is 8. The second-order valence-electron chi connectivity index (χ2n) is 6.06. The molecule has 1 aromatic rings. The third-order valence-electron chi connectivity index (χ3n) is 3.18. The van der Waals surface area contributed by atoms with Gasteiger partial charge < -0.3 is 5.32 Å². The van der Waals surface area contributed by atoms with Gasteiger partial charge in [-0.3, -0.25) is 0 Å². The Morgan fingerprint density at radius 1 is 1.29 bits per heavy atom. The molecule has 0 bridgehead atoms. The number of aryl methyl sites for hydroxylation is 1. The van der Waals surface area contributed by atoms with Gasteiger partial charge in [-0.2, -0.15) is 4.31 Å². The van der Waals surface area contributed by atoms with E-state index in [1.165, 1.54) is 11.3 Å². The highest BCUT2D eigenvalue weighted by molar-refractivity contribution is 7.89. The van der Waals surface area contributed by atoms with Crippen molar-refractivity contribution in [3.8, 4) is 0 Å². The standard InChI is InChI=1S/C15H28N2O2S2/c1-7-17(9-11(2)3)21(18,19)15-13(6)10-20-14(15)8-16-12(4)5/h10-12,16H,7-9H2,1-6H3. The minimum Gasteiger partial charge on any atom is -0.310 e. The molecular formula is C15H28N2O2S2. The van der Waals surface area contributed by atoms with Crippen LogP contribution in [0.4, 0.5) is 0 Å². The molecule has 0 atom stereocenters. The first-order chi connectivity index (χ1) is 9.70. The van der Waals surface area contributed by atoms with Gasteiger partial charge in [0.05, 0.1) is 0 Å². The van der Waals surface area contributed by atoms with Gasteiger partial charge in [0.1, 0.15) is 4.90 Å². The number of thiophene rings is 1. The van der Waals surface area contributed by atoms with Crippen LogP contribution in [0.1, 0.15) is 45.1 Å². The number of hydrogen-bond donors (Lipinski definition) is 1. The molecule has 122 valence electrons. The summed E-state index contributed by atoms with van der Waals surface area (Å²) >= 11 is 1.52. The molecule has 0 radical (unpaired) electrons. The van der Waals surface area contributed by atoms with Crippen molar-refractivity contribution in [3.63, 3.8) is 0 Å². The maximum absolute atomic E-state index is 13.0. The van der Waals surface area contributed by atoms with Crippen LogP contribution in [-0.4, -0.2) is 31.9 Å². The fraction of sp³-hybridized carbons (Fsp3) is 0.733. The third kappa shape index (κ3) is 4.77. The van der Waals surface area contributed by atoms with E-state index in [1.807, 2.05) is 33.1 Å². The van der Waals surface area contributed by atoms with Crippen LogP contribution < -0.4 is 5.32 Å². The molecule has 1 N–H and O–H groups in total. The van der Waals surface area contributed by atoms with Crippen molar-refractivity contribution in [2.75, 3.05) is 13.1 Å². The molecular weight excluding hydrogens is 304 g/mol. The summed E-state index contributed by atoms with van der Waals surface area (Å²) in [6, 6.07) is 0.334. The first kappa shape index (κ1) is 18.6. The predicted octanol–water partition coefficient (Wildman–Crippen LogP) is 3.22. The highest BCUT2D eigenvalue weighted by Gasteiger charge is 2.29. The number of sulfonamides is 1. The average Bonchev–Trinajstić information content (AvgIpc) is 2.74. The Hall–Kier alpha value is -0.430. The van der Waals surface area contributed by atoms with Gasteiger partial charge in [-0.25, -0.2) is 8.42 Å². The molecule has 21 heavy (non-hydrogen) atoms. The predicted molar refractivity (Wildman–Crippen MR) is 90.3 cm³/mol. The highest BCUT2D eigenvalue weighted by Crippen LogP contribution is 2.30. The summed E-state index contributed by atoms with van der Waals surface area (Å²) in [6.07, 6.45) is 0. The lowest BCUT2D eigenvalue weighted by Gasteiger charge is -2.23. The van der Waals surface area contributed by atoms with E-state index in [1.54, 1.807) is 4.31 Å². The molecule has 0 fully saturated rings. The normalized spacial score (nSPS) is 12.8. The van der Waals surface area contributed by atoms with Gasteiger partial charge in [-0.05, 0) is 23.8 Å². The topological polar surface area (TPSA) is 49.4 Å². The van der Waals surface area contributed by atoms with Crippen molar-refractivity contribution in [2.45, 2.75) is 59.0 Å². The van der Waals surface area contributed by atoms with Crippen molar-refractivity contribution in [2.24, 2.45) is 5.92 Å². The van der Waals surface area contributed by atoms with Gasteiger partial charge >= 0.3 is 0 Å².